The molecule has 0 radical (unpaired) electrons. The molecule has 0 amide bonds. The van der Waals surface area contributed by atoms with Gasteiger partial charge in [0.25, 0.3) is 0 Å². The van der Waals surface area contributed by atoms with Crippen molar-refractivity contribution in [3.8, 4) is 12.3 Å². The minimum atomic E-state index is 1.24. The van der Waals surface area contributed by atoms with Gasteiger partial charge in [0.1, 0.15) is 0 Å². The van der Waals surface area contributed by atoms with E-state index in [0.29, 0.717) is 0 Å². The molecule has 0 heteroatoms. The topological polar surface area (TPSA) is 0 Å². The molecule has 6 heavy (non-hydrogen) atoms. The Morgan fingerprint density at radius 2 is 2.33 bits per heavy atom. The molecule has 1 aliphatic carbocycles. The lowest BCUT2D eigenvalue weighted by atomic mass is 10.5. The first-order chi connectivity index (χ1) is 2.93. The number of rotatable bonds is 0. The van der Waals surface area contributed by atoms with Gasteiger partial charge in [-0.25, -0.2) is 0 Å². The Morgan fingerprint density at radius 3 is 2.50 bits per heavy atom. The first kappa shape index (κ1) is 3.49. The van der Waals surface area contributed by atoms with E-state index in [1.165, 1.54) is 18.4 Å². The molecule has 0 aliphatic heterocycles. The fourth-order valence-electron chi connectivity index (χ4n) is 0.334. The summed E-state index contributed by atoms with van der Waals surface area (Å²) in [6.45, 7) is 0. The molecule has 0 bridgehead atoms. The van der Waals surface area contributed by atoms with Crippen molar-refractivity contribution >= 4 is 0 Å². The fourth-order valence-corrected chi connectivity index (χ4v) is 0.334. The molecular weight excluding hydrogens is 72.1 g/mol. The average Bonchev–Trinajstić information content (AvgIpc) is 2.21. The zero-order valence-electron chi connectivity index (χ0n) is 3.57. The van der Waals surface area contributed by atoms with Crippen LogP contribution in [0.1, 0.15) is 12.8 Å². The van der Waals surface area contributed by atoms with E-state index in [1.54, 1.807) is 0 Å². The van der Waals surface area contributed by atoms with Gasteiger partial charge in [0.05, 0.1) is 0 Å². The Bertz CT molecular complexity index is 106. The summed E-state index contributed by atoms with van der Waals surface area (Å²) in [5.41, 5.74) is 1.43. The maximum atomic E-state index is 4.94. The molecule has 0 aromatic heterocycles. The van der Waals surface area contributed by atoms with Gasteiger partial charge >= 0.3 is 0 Å². The molecule has 0 N–H and O–H groups in total. The van der Waals surface area contributed by atoms with Crippen LogP contribution in [0.3, 0.4) is 0 Å². The third kappa shape index (κ3) is 0.621. The van der Waals surface area contributed by atoms with Crippen LogP contribution in [0.25, 0.3) is 0 Å². The maximum Gasteiger partial charge on any atom is -0.0129 e. The van der Waals surface area contributed by atoms with Gasteiger partial charge in [-0.1, -0.05) is 11.5 Å². The first-order valence-corrected chi connectivity index (χ1v) is 2.07. The van der Waals surface area contributed by atoms with E-state index in [2.05, 4.69) is 5.92 Å². The molecule has 0 heterocycles. The highest BCUT2D eigenvalue weighted by Crippen LogP contribution is 2.26. The highest BCUT2D eigenvalue weighted by molar-refractivity contribution is 5.25. The second kappa shape index (κ2) is 1.18. The van der Waals surface area contributed by atoms with Crippen LogP contribution in [-0.4, -0.2) is 0 Å². The van der Waals surface area contributed by atoms with Gasteiger partial charge in [-0.15, -0.1) is 6.42 Å². The Kier molecular flexibility index (Phi) is 0.686. The van der Waals surface area contributed by atoms with Gasteiger partial charge in [0.15, 0.2) is 0 Å². The van der Waals surface area contributed by atoms with Gasteiger partial charge in [0.2, 0.25) is 0 Å². The smallest absolute Gasteiger partial charge is 0.0129 e. The zero-order chi connectivity index (χ0) is 4.41. The Balaban J connectivity index is 2.49. The van der Waals surface area contributed by atoms with Gasteiger partial charge in [0, 0.05) is 0 Å². The highest BCUT2D eigenvalue weighted by atomic mass is 14.1. The van der Waals surface area contributed by atoms with Gasteiger partial charge in [-0.2, -0.15) is 0 Å². The molecule has 0 saturated heterocycles. The van der Waals surface area contributed by atoms with E-state index >= 15 is 0 Å². The summed E-state index contributed by atoms with van der Waals surface area (Å²) in [5, 5.41) is 0. The van der Waals surface area contributed by atoms with E-state index in [0.717, 1.165) is 0 Å². The van der Waals surface area contributed by atoms with Crippen molar-refractivity contribution in [2.24, 2.45) is 0 Å². The van der Waals surface area contributed by atoms with Crippen molar-refractivity contribution in [3.05, 3.63) is 11.6 Å². The van der Waals surface area contributed by atoms with Crippen molar-refractivity contribution in [2.45, 2.75) is 12.8 Å². The first-order valence-electron chi connectivity index (χ1n) is 2.07. The second-order valence-electron chi connectivity index (χ2n) is 1.47. The number of terminal acetylenes is 1. The van der Waals surface area contributed by atoms with Gasteiger partial charge in [-0.3, -0.25) is 0 Å². The molecule has 1 rings (SSSR count). The van der Waals surface area contributed by atoms with Crippen LogP contribution in [0.2, 0.25) is 0 Å². The van der Waals surface area contributed by atoms with E-state index in [1.807, 2.05) is 6.08 Å². The third-order valence-corrected chi connectivity index (χ3v) is 0.826. The van der Waals surface area contributed by atoms with E-state index in [4.69, 9.17) is 6.42 Å². The number of hydrogen-bond donors (Lipinski definition) is 0. The van der Waals surface area contributed by atoms with Gasteiger partial charge in [-0.05, 0) is 18.9 Å². The lowest BCUT2D eigenvalue weighted by Gasteiger charge is -1.55. The summed E-state index contributed by atoms with van der Waals surface area (Å²) < 4.78 is 0. The Hall–Kier alpha value is -0.700. The molecule has 0 spiro atoms. The normalized spacial score (nSPS) is 16.2. The Morgan fingerprint density at radius 1 is 1.67 bits per heavy atom. The summed E-state index contributed by atoms with van der Waals surface area (Å²) >= 11 is 0. The molecule has 0 aromatic carbocycles. The summed E-state index contributed by atoms with van der Waals surface area (Å²) in [7, 11) is 0. The molecule has 0 nitrogen and oxygen atoms in total. The highest BCUT2D eigenvalue weighted by Gasteiger charge is 2.07. The van der Waals surface area contributed by atoms with Crippen molar-refractivity contribution in [1.29, 1.82) is 0 Å². The average molecular weight is 78.1 g/mol. The number of allylic oxidation sites excluding steroid dienone is 2. The van der Waals surface area contributed by atoms with Crippen LogP contribution >= 0.6 is 0 Å². The predicted octanol–water partition coefficient (Wildman–Crippen LogP) is 1.34. The molecule has 1 saturated carbocycles. The van der Waals surface area contributed by atoms with Crippen LogP contribution in [-0.2, 0) is 0 Å². The van der Waals surface area contributed by atoms with Gasteiger partial charge < -0.3 is 0 Å². The van der Waals surface area contributed by atoms with Crippen molar-refractivity contribution < 1.29 is 0 Å². The fraction of sp³-hybridized carbons (Fsp3) is 0.333. The molecule has 0 atom stereocenters. The molecule has 30 valence electrons. The summed E-state index contributed by atoms with van der Waals surface area (Å²) in [6.07, 6.45) is 9.27. The van der Waals surface area contributed by atoms with Crippen LogP contribution in [0.4, 0.5) is 0 Å². The monoisotopic (exact) mass is 78.0 g/mol. The quantitative estimate of drug-likeness (QED) is 0.383. The van der Waals surface area contributed by atoms with Crippen LogP contribution < -0.4 is 0 Å². The summed E-state index contributed by atoms with van der Waals surface area (Å²) in [6, 6.07) is 0. The molecular formula is C6H6. The minimum absolute atomic E-state index is 1.24. The number of hydrogen-bond acceptors (Lipinski definition) is 0. The van der Waals surface area contributed by atoms with Crippen LogP contribution in [0.15, 0.2) is 11.6 Å². The van der Waals surface area contributed by atoms with Crippen LogP contribution in [0.5, 0.6) is 0 Å². The SMILES string of the molecule is C#CC=C1CC1. The lowest BCUT2D eigenvalue weighted by molar-refractivity contribution is 1.50. The van der Waals surface area contributed by atoms with E-state index < -0.39 is 0 Å². The summed E-state index contributed by atoms with van der Waals surface area (Å²) in [5.74, 6) is 2.47. The van der Waals surface area contributed by atoms with Crippen molar-refractivity contribution in [3.63, 3.8) is 0 Å². The molecule has 1 fully saturated rings. The van der Waals surface area contributed by atoms with Crippen LogP contribution in [0, 0.1) is 12.3 Å². The second-order valence-corrected chi connectivity index (χ2v) is 1.47. The van der Waals surface area contributed by atoms with Crippen molar-refractivity contribution in [1.82, 2.24) is 0 Å². The lowest BCUT2D eigenvalue weighted by Crippen LogP contribution is -1.38. The Labute approximate surface area is 37.9 Å². The molecule has 0 aromatic rings. The minimum Gasteiger partial charge on any atom is -0.115 e. The maximum absolute atomic E-state index is 4.94. The predicted molar refractivity (Wildman–Crippen MR) is 26.1 cm³/mol. The van der Waals surface area contributed by atoms with E-state index in [-0.39, 0.29) is 0 Å². The zero-order valence-corrected chi connectivity index (χ0v) is 3.57. The third-order valence-electron chi connectivity index (χ3n) is 0.826. The molecule has 1 aliphatic rings. The van der Waals surface area contributed by atoms with E-state index in [9.17, 15) is 0 Å². The summed E-state index contributed by atoms with van der Waals surface area (Å²) in [4.78, 5) is 0. The van der Waals surface area contributed by atoms with Crippen molar-refractivity contribution in [2.75, 3.05) is 0 Å². The largest absolute Gasteiger partial charge is 0.115 e. The molecule has 0 unspecified atom stereocenters. The standard InChI is InChI=1S/C6H6/c1-2-3-6-4-5-6/h1,3H,4-5H2.